The summed E-state index contributed by atoms with van der Waals surface area (Å²) in [5.74, 6) is -0.193. The lowest BCUT2D eigenvalue weighted by Gasteiger charge is -2.13. The molecule has 1 atom stereocenters. The molecule has 0 spiro atoms. The normalized spacial score (nSPS) is 12.4. The molecule has 2 aromatic carbocycles. The van der Waals surface area contributed by atoms with Gasteiger partial charge in [-0.1, -0.05) is 44.0 Å². The molecule has 0 aromatic heterocycles. The third kappa shape index (κ3) is 3.78. The van der Waals surface area contributed by atoms with Crippen molar-refractivity contribution in [2.24, 2.45) is 0 Å². The average Bonchev–Trinajstić information content (AvgIpc) is 2.35. The van der Waals surface area contributed by atoms with Crippen LogP contribution in [0.25, 0.3) is 0 Å². The maximum absolute atomic E-state index is 12.8. The van der Waals surface area contributed by atoms with Gasteiger partial charge in [0.25, 0.3) is 0 Å². The summed E-state index contributed by atoms with van der Waals surface area (Å²) in [4.78, 5) is 0.229. The second kappa shape index (κ2) is 6.48. The van der Waals surface area contributed by atoms with E-state index in [4.69, 9.17) is 0 Å². The minimum atomic E-state index is -0.193. The average molecular weight is 484 g/mol. The van der Waals surface area contributed by atoms with Crippen molar-refractivity contribution in [1.82, 2.24) is 0 Å². The minimum Gasteiger partial charge on any atom is -0.207 e. The number of benzene rings is 2. The molecule has 2 rings (SSSR count). The highest BCUT2D eigenvalue weighted by Gasteiger charge is 2.12. The summed E-state index contributed by atoms with van der Waals surface area (Å²) < 4.78 is 15.1. The molecule has 1 unspecified atom stereocenters. The van der Waals surface area contributed by atoms with Gasteiger partial charge in [0.1, 0.15) is 5.82 Å². The van der Waals surface area contributed by atoms with E-state index in [0.717, 1.165) is 16.5 Å². The van der Waals surface area contributed by atoms with Crippen LogP contribution < -0.4 is 0 Å². The highest BCUT2D eigenvalue weighted by molar-refractivity contribution is 14.1. The summed E-state index contributed by atoms with van der Waals surface area (Å²) in [6.07, 6.45) is 0.840. The van der Waals surface area contributed by atoms with Crippen LogP contribution in [0, 0.1) is 9.39 Å². The smallest absolute Gasteiger partial charge is 0.123 e. The van der Waals surface area contributed by atoms with Crippen LogP contribution in [0.15, 0.2) is 46.9 Å². The number of alkyl halides is 1. The molecule has 0 bridgehead atoms. The van der Waals surface area contributed by atoms with Crippen molar-refractivity contribution in [3.63, 3.8) is 0 Å². The Balaban J connectivity index is 2.18. The van der Waals surface area contributed by atoms with E-state index in [1.165, 1.54) is 21.3 Å². The molecule has 0 saturated heterocycles. The van der Waals surface area contributed by atoms with E-state index in [-0.39, 0.29) is 10.6 Å². The summed E-state index contributed by atoms with van der Waals surface area (Å²) >= 11 is 9.52. The van der Waals surface area contributed by atoms with Gasteiger partial charge < -0.3 is 0 Å². The molecule has 94 valence electrons. The highest BCUT2D eigenvalue weighted by atomic mass is 127. The van der Waals surface area contributed by atoms with Crippen LogP contribution in [0.1, 0.15) is 16.0 Å². The standard InChI is InChI=1S/C14H10Br2FI/c15-10-3-6-14(18)12(8-10)13(16)7-9-1-4-11(17)5-2-9/h1-6,8,13H,7H2. The molecule has 0 radical (unpaired) electrons. The lowest BCUT2D eigenvalue weighted by molar-refractivity contribution is 0.627. The molecule has 0 aliphatic heterocycles. The van der Waals surface area contributed by atoms with Crippen molar-refractivity contribution in [2.75, 3.05) is 0 Å². The quantitative estimate of drug-likeness (QED) is 0.378. The summed E-state index contributed by atoms with van der Waals surface area (Å²) in [5.41, 5.74) is 2.36. The molecule has 0 saturated carbocycles. The van der Waals surface area contributed by atoms with Gasteiger partial charge in [-0.15, -0.1) is 0 Å². The van der Waals surface area contributed by atoms with Crippen molar-refractivity contribution in [2.45, 2.75) is 11.2 Å². The van der Waals surface area contributed by atoms with Gasteiger partial charge in [-0.2, -0.15) is 0 Å². The van der Waals surface area contributed by atoms with Crippen molar-refractivity contribution >= 4 is 54.5 Å². The molecule has 0 N–H and O–H groups in total. The molecule has 0 nitrogen and oxygen atoms in total. The molecular weight excluding hydrogens is 474 g/mol. The van der Waals surface area contributed by atoms with Crippen LogP contribution in [-0.4, -0.2) is 0 Å². The second-order valence-corrected chi connectivity index (χ2v) is 7.15. The van der Waals surface area contributed by atoms with Gasteiger partial charge in [0.2, 0.25) is 0 Å². The molecule has 0 heterocycles. The lowest BCUT2D eigenvalue weighted by Crippen LogP contribution is -1.98. The Morgan fingerprint density at radius 1 is 1.11 bits per heavy atom. The summed E-state index contributed by atoms with van der Waals surface area (Å²) in [5, 5.41) is 0. The number of hydrogen-bond donors (Lipinski definition) is 0. The van der Waals surface area contributed by atoms with Crippen molar-refractivity contribution in [3.05, 3.63) is 67.5 Å². The van der Waals surface area contributed by atoms with Crippen LogP contribution in [0.5, 0.6) is 0 Å². The molecule has 0 aliphatic carbocycles. The van der Waals surface area contributed by atoms with E-state index >= 15 is 0 Å². The first-order valence-corrected chi connectivity index (χ1v) is 8.18. The van der Waals surface area contributed by atoms with Gasteiger partial charge >= 0.3 is 0 Å². The Bertz CT molecular complexity index is 540. The molecule has 4 heteroatoms. The molecule has 2 aromatic rings. The van der Waals surface area contributed by atoms with Gasteiger partial charge in [0.05, 0.1) is 0 Å². The summed E-state index contributed by atoms with van der Waals surface area (Å²) in [7, 11) is 0. The third-order valence-corrected chi connectivity index (χ3v) is 4.92. The minimum absolute atomic E-state index is 0.193. The fourth-order valence-electron chi connectivity index (χ4n) is 1.69. The van der Waals surface area contributed by atoms with Crippen LogP contribution in [-0.2, 0) is 6.42 Å². The predicted octanol–water partition coefficient (Wildman–Crippen LogP) is 5.87. The van der Waals surface area contributed by atoms with E-state index in [2.05, 4.69) is 66.6 Å². The lowest BCUT2D eigenvalue weighted by atomic mass is 10.0. The fraction of sp³-hybridized carbons (Fsp3) is 0.143. The number of rotatable bonds is 3. The van der Waals surface area contributed by atoms with Crippen molar-refractivity contribution in [3.8, 4) is 0 Å². The zero-order valence-electron chi connectivity index (χ0n) is 9.34. The van der Waals surface area contributed by atoms with Gasteiger partial charge in [-0.05, 0) is 70.5 Å². The zero-order chi connectivity index (χ0) is 13.1. The van der Waals surface area contributed by atoms with Gasteiger partial charge in [-0.3, -0.25) is 0 Å². The molecule has 0 amide bonds. The Hall–Kier alpha value is 0.0600. The zero-order valence-corrected chi connectivity index (χ0v) is 14.7. The maximum atomic E-state index is 12.8. The van der Waals surface area contributed by atoms with Crippen LogP contribution in [0.4, 0.5) is 4.39 Å². The molecule has 0 fully saturated rings. The van der Waals surface area contributed by atoms with Crippen LogP contribution in [0.3, 0.4) is 0 Å². The Morgan fingerprint density at radius 2 is 1.78 bits per heavy atom. The van der Waals surface area contributed by atoms with Crippen molar-refractivity contribution < 1.29 is 4.39 Å². The van der Waals surface area contributed by atoms with E-state index in [1.54, 1.807) is 0 Å². The fourth-order valence-corrected chi connectivity index (χ4v) is 3.96. The van der Waals surface area contributed by atoms with Gasteiger partial charge in [0.15, 0.2) is 0 Å². The van der Waals surface area contributed by atoms with E-state index in [1.807, 2.05) is 18.2 Å². The predicted molar refractivity (Wildman–Crippen MR) is 88.6 cm³/mol. The molecule has 0 aliphatic rings. The summed E-state index contributed by atoms with van der Waals surface area (Å²) in [6.45, 7) is 0. The first-order valence-electron chi connectivity index (χ1n) is 5.40. The monoisotopic (exact) mass is 482 g/mol. The summed E-state index contributed by atoms with van der Waals surface area (Å²) in [6, 6.07) is 12.9. The largest absolute Gasteiger partial charge is 0.207 e. The highest BCUT2D eigenvalue weighted by Crippen LogP contribution is 2.32. The molecule has 18 heavy (non-hydrogen) atoms. The SMILES string of the molecule is Fc1ccc(CC(Br)c2cc(Br)ccc2I)cc1. The van der Waals surface area contributed by atoms with Crippen LogP contribution >= 0.6 is 54.5 Å². The first-order chi connectivity index (χ1) is 8.56. The van der Waals surface area contributed by atoms with E-state index in [0.29, 0.717) is 0 Å². The Labute approximate surface area is 136 Å². The molecular formula is C14H10Br2FI. The van der Waals surface area contributed by atoms with Crippen molar-refractivity contribution in [1.29, 1.82) is 0 Å². The Kier molecular flexibility index (Phi) is 5.21. The number of hydrogen-bond acceptors (Lipinski definition) is 0. The maximum Gasteiger partial charge on any atom is 0.123 e. The van der Waals surface area contributed by atoms with Gasteiger partial charge in [0, 0.05) is 12.9 Å². The first kappa shape index (κ1) is 14.5. The number of halogens is 4. The third-order valence-electron chi connectivity index (χ3n) is 2.62. The Morgan fingerprint density at radius 3 is 2.44 bits per heavy atom. The van der Waals surface area contributed by atoms with Crippen LogP contribution in [0.2, 0.25) is 0 Å². The van der Waals surface area contributed by atoms with E-state index < -0.39 is 0 Å². The second-order valence-electron chi connectivity index (χ2n) is 3.96. The van der Waals surface area contributed by atoms with E-state index in [9.17, 15) is 4.39 Å². The topological polar surface area (TPSA) is 0 Å². The van der Waals surface area contributed by atoms with Gasteiger partial charge in [-0.25, -0.2) is 4.39 Å².